The summed E-state index contributed by atoms with van der Waals surface area (Å²) in [6.45, 7) is 1.75. The molecule has 0 radical (unpaired) electrons. The Balaban J connectivity index is 1.59. The Morgan fingerprint density at radius 1 is 1.21 bits per heavy atom. The van der Waals surface area contributed by atoms with Gasteiger partial charge in [-0.2, -0.15) is 4.68 Å². The fraction of sp³-hybridized carbons (Fsp3) is 0.333. The van der Waals surface area contributed by atoms with Crippen molar-refractivity contribution in [2.45, 2.75) is 32.1 Å². The third-order valence-electron chi connectivity index (χ3n) is 4.29. The van der Waals surface area contributed by atoms with E-state index in [4.69, 9.17) is 17.3 Å². The van der Waals surface area contributed by atoms with E-state index in [-0.39, 0.29) is 0 Å². The van der Waals surface area contributed by atoms with Crippen molar-refractivity contribution < 1.29 is 4.90 Å². The van der Waals surface area contributed by atoms with Crippen molar-refractivity contribution in [2.24, 2.45) is 0 Å². The average molecular weight is 358 g/mol. The first-order valence-corrected chi connectivity index (χ1v) is 9.59. The zero-order valence-electron chi connectivity index (χ0n) is 13.7. The molecule has 1 atom stereocenters. The maximum absolute atomic E-state index is 5.74. The van der Waals surface area contributed by atoms with E-state index < -0.39 is 0 Å². The van der Waals surface area contributed by atoms with Crippen LogP contribution in [0.3, 0.4) is 0 Å². The topological polar surface area (TPSA) is 27.2 Å². The molecule has 0 aliphatic heterocycles. The summed E-state index contributed by atoms with van der Waals surface area (Å²) in [5.41, 5.74) is 1.33. The Bertz CT molecular complexity index is 860. The number of quaternary nitrogens is 1. The molecule has 4 nitrogen and oxygen atoms in total. The number of benzene rings is 1. The SMILES string of the molecule is C[NH+](Cc1ccccc1)Cn1nc(-c2cccs2)n(C2CC2)c1=S. The van der Waals surface area contributed by atoms with E-state index in [9.17, 15) is 0 Å². The Morgan fingerprint density at radius 3 is 2.67 bits per heavy atom. The second-order valence-electron chi connectivity index (χ2n) is 6.46. The number of rotatable bonds is 6. The van der Waals surface area contributed by atoms with E-state index in [2.05, 4.69) is 59.5 Å². The summed E-state index contributed by atoms with van der Waals surface area (Å²) >= 11 is 7.47. The fourth-order valence-corrected chi connectivity index (χ4v) is 4.06. The van der Waals surface area contributed by atoms with Crippen LogP contribution in [-0.4, -0.2) is 21.4 Å². The van der Waals surface area contributed by atoms with Gasteiger partial charge in [0.05, 0.1) is 11.9 Å². The lowest BCUT2D eigenvalue weighted by Crippen LogP contribution is -3.07. The van der Waals surface area contributed by atoms with Crippen LogP contribution < -0.4 is 4.90 Å². The summed E-state index contributed by atoms with van der Waals surface area (Å²) in [6, 6.07) is 15.3. The third-order valence-corrected chi connectivity index (χ3v) is 5.57. The first kappa shape index (κ1) is 15.7. The molecule has 0 amide bonds. The molecule has 1 aromatic carbocycles. The second-order valence-corrected chi connectivity index (χ2v) is 7.77. The molecule has 0 spiro atoms. The van der Waals surface area contributed by atoms with Crippen molar-refractivity contribution in [2.75, 3.05) is 7.05 Å². The summed E-state index contributed by atoms with van der Waals surface area (Å²) in [5, 5.41) is 6.96. The molecule has 1 aliphatic rings. The molecule has 1 N–H and O–H groups in total. The largest absolute Gasteiger partial charge is 0.315 e. The summed E-state index contributed by atoms with van der Waals surface area (Å²) < 4.78 is 5.12. The molecule has 1 aliphatic carbocycles. The van der Waals surface area contributed by atoms with E-state index in [0.29, 0.717) is 6.04 Å². The number of hydrogen-bond donors (Lipinski definition) is 1. The molecule has 2 heterocycles. The van der Waals surface area contributed by atoms with Gasteiger partial charge in [0, 0.05) is 11.6 Å². The van der Waals surface area contributed by atoms with E-state index in [1.54, 1.807) is 11.3 Å². The molecular weight excluding hydrogens is 336 g/mol. The van der Waals surface area contributed by atoms with Crippen molar-refractivity contribution in [1.82, 2.24) is 14.3 Å². The molecule has 1 saturated carbocycles. The standard InChI is InChI=1S/C18H20N4S2/c1-20(12-14-6-3-2-4-7-14)13-21-18(23)22(15-9-10-15)17(19-21)16-8-5-11-24-16/h2-8,11,15H,9-10,12-13H2,1H3/p+1. The van der Waals surface area contributed by atoms with Gasteiger partial charge in [-0.1, -0.05) is 36.4 Å². The normalized spacial score (nSPS) is 15.5. The molecule has 3 aromatic rings. The van der Waals surface area contributed by atoms with Crippen LogP contribution in [0.15, 0.2) is 47.8 Å². The van der Waals surface area contributed by atoms with Crippen LogP contribution in [0.25, 0.3) is 10.7 Å². The highest BCUT2D eigenvalue weighted by Crippen LogP contribution is 2.39. The lowest BCUT2D eigenvalue weighted by Gasteiger charge is -2.13. The van der Waals surface area contributed by atoms with E-state index in [0.717, 1.165) is 23.8 Å². The molecule has 4 rings (SSSR count). The summed E-state index contributed by atoms with van der Waals surface area (Å²) in [4.78, 5) is 2.57. The number of thiophene rings is 1. The summed E-state index contributed by atoms with van der Waals surface area (Å²) in [7, 11) is 2.19. The minimum atomic E-state index is 0.540. The quantitative estimate of drug-likeness (QED) is 0.686. The Morgan fingerprint density at radius 2 is 2.00 bits per heavy atom. The van der Waals surface area contributed by atoms with Crippen LogP contribution in [0.2, 0.25) is 0 Å². The van der Waals surface area contributed by atoms with Crippen LogP contribution in [0.5, 0.6) is 0 Å². The van der Waals surface area contributed by atoms with Crippen LogP contribution in [0.4, 0.5) is 0 Å². The number of hydrogen-bond acceptors (Lipinski definition) is 3. The van der Waals surface area contributed by atoms with Crippen LogP contribution in [0, 0.1) is 4.77 Å². The smallest absolute Gasteiger partial charge is 0.203 e. The Hall–Kier alpha value is -1.76. The molecule has 0 bridgehead atoms. The van der Waals surface area contributed by atoms with Crippen LogP contribution in [-0.2, 0) is 13.2 Å². The van der Waals surface area contributed by atoms with Gasteiger partial charge in [0.15, 0.2) is 12.5 Å². The van der Waals surface area contributed by atoms with Crippen molar-refractivity contribution >= 4 is 23.6 Å². The molecule has 24 heavy (non-hydrogen) atoms. The summed E-state index contributed by atoms with van der Waals surface area (Å²) in [6.07, 6.45) is 2.43. The zero-order valence-corrected chi connectivity index (χ0v) is 15.3. The van der Waals surface area contributed by atoms with Gasteiger partial charge in [0.1, 0.15) is 6.54 Å². The maximum Gasteiger partial charge on any atom is 0.203 e. The van der Waals surface area contributed by atoms with E-state index in [1.165, 1.54) is 28.2 Å². The highest BCUT2D eigenvalue weighted by atomic mass is 32.1. The first-order valence-electron chi connectivity index (χ1n) is 8.31. The maximum atomic E-state index is 5.74. The molecule has 124 valence electrons. The van der Waals surface area contributed by atoms with Crippen molar-refractivity contribution in [3.63, 3.8) is 0 Å². The predicted octanol–water partition coefficient (Wildman–Crippen LogP) is 3.15. The van der Waals surface area contributed by atoms with Crippen LogP contribution in [0.1, 0.15) is 24.4 Å². The molecule has 2 aromatic heterocycles. The molecule has 1 unspecified atom stereocenters. The Labute approximate surface area is 151 Å². The minimum Gasteiger partial charge on any atom is -0.315 e. The molecule has 0 saturated heterocycles. The van der Waals surface area contributed by atoms with Gasteiger partial charge in [-0.15, -0.1) is 16.4 Å². The predicted molar refractivity (Wildman–Crippen MR) is 99.7 cm³/mol. The highest BCUT2D eigenvalue weighted by Gasteiger charge is 2.29. The Kier molecular flexibility index (Phi) is 4.35. The van der Waals surface area contributed by atoms with Gasteiger partial charge in [0.2, 0.25) is 4.77 Å². The summed E-state index contributed by atoms with van der Waals surface area (Å²) in [5.74, 6) is 1.03. The zero-order chi connectivity index (χ0) is 16.5. The van der Waals surface area contributed by atoms with Gasteiger partial charge < -0.3 is 4.90 Å². The van der Waals surface area contributed by atoms with E-state index in [1.807, 2.05) is 4.68 Å². The number of nitrogens with zero attached hydrogens (tertiary/aromatic N) is 3. The second kappa shape index (κ2) is 6.63. The molecule has 1 fully saturated rings. The van der Waals surface area contributed by atoms with Gasteiger partial charge in [-0.05, 0) is 36.5 Å². The van der Waals surface area contributed by atoms with Crippen molar-refractivity contribution in [1.29, 1.82) is 0 Å². The first-order chi connectivity index (χ1) is 11.7. The van der Waals surface area contributed by atoms with Gasteiger partial charge in [0.25, 0.3) is 0 Å². The van der Waals surface area contributed by atoms with Gasteiger partial charge >= 0.3 is 0 Å². The van der Waals surface area contributed by atoms with Crippen LogP contribution >= 0.6 is 23.6 Å². The lowest BCUT2D eigenvalue weighted by atomic mass is 10.2. The average Bonchev–Trinajstić information content (AvgIpc) is 3.16. The third kappa shape index (κ3) is 3.22. The van der Waals surface area contributed by atoms with E-state index >= 15 is 0 Å². The van der Waals surface area contributed by atoms with Gasteiger partial charge in [-0.25, -0.2) is 0 Å². The monoisotopic (exact) mass is 357 g/mol. The number of nitrogens with one attached hydrogen (secondary N) is 1. The molecule has 6 heteroatoms. The lowest BCUT2D eigenvalue weighted by molar-refractivity contribution is -0.917. The van der Waals surface area contributed by atoms with Crippen molar-refractivity contribution in [3.8, 4) is 10.7 Å². The fourth-order valence-electron chi connectivity index (χ4n) is 3.01. The molecular formula is C18H21N4S2+. The van der Waals surface area contributed by atoms with Gasteiger partial charge in [-0.3, -0.25) is 4.57 Å². The minimum absolute atomic E-state index is 0.540. The number of aromatic nitrogens is 3. The highest BCUT2D eigenvalue weighted by molar-refractivity contribution is 7.71. The van der Waals surface area contributed by atoms with Crippen molar-refractivity contribution in [3.05, 3.63) is 58.2 Å².